The van der Waals surface area contributed by atoms with Gasteiger partial charge in [0.1, 0.15) is 28.5 Å². The molecule has 0 unspecified atom stereocenters. The molecule has 0 aliphatic carbocycles. The van der Waals surface area contributed by atoms with Crippen LogP contribution in [0.2, 0.25) is 0 Å². The van der Waals surface area contributed by atoms with Gasteiger partial charge in [-0.3, -0.25) is 9.10 Å². The normalized spacial score (nSPS) is 11.7. The third kappa shape index (κ3) is 4.75. The first-order chi connectivity index (χ1) is 20.0. The minimum atomic E-state index is -3.72. The molecule has 42 heavy (non-hydrogen) atoms. The van der Waals surface area contributed by atoms with Crippen LogP contribution in [0.4, 0.5) is 14.5 Å². The molecule has 0 atom stereocenters. The topological polar surface area (TPSA) is 119 Å². The van der Waals surface area contributed by atoms with Crippen molar-refractivity contribution in [2.75, 3.05) is 24.7 Å². The van der Waals surface area contributed by atoms with Gasteiger partial charge < -0.3 is 14.2 Å². The number of carbonyl (C=O) groups excluding carboxylic acids is 1. The molecule has 6 rings (SSSR count). The molecule has 212 valence electrons. The molecule has 12 heteroatoms. The summed E-state index contributed by atoms with van der Waals surface area (Å²) < 4.78 is 65.6. The summed E-state index contributed by atoms with van der Waals surface area (Å²) in [5, 5.41) is 3.03. The van der Waals surface area contributed by atoms with Crippen molar-refractivity contribution >= 4 is 43.8 Å². The average Bonchev–Trinajstić information content (AvgIpc) is 3.56. The van der Waals surface area contributed by atoms with E-state index in [2.05, 4.69) is 15.3 Å². The van der Waals surface area contributed by atoms with E-state index < -0.39 is 27.6 Å². The highest BCUT2D eigenvalue weighted by Gasteiger charge is 2.26. The van der Waals surface area contributed by atoms with Gasteiger partial charge in [0.25, 0.3) is 5.91 Å². The number of fused-ring (bicyclic) bond motifs is 2. The Morgan fingerprint density at radius 2 is 1.67 bits per heavy atom. The molecule has 0 aliphatic heterocycles. The van der Waals surface area contributed by atoms with E-state index in [1.165, 1.54) is 44.4 Å². The van der Waals surface area contributed by atoms with Crippen LogP contribution in [0.1, 0.15) is 10.4 Å². The molecule has 0 saturated carbocycles. The molecule has 0 bridgehead atoms. The van der Waals surface area contributed by atoms with Crippen LogP contribution < -0.4 is 9.62 Å². The molecule has 9 nitrogen and oxygen atoms in total. The van der Waals surface area contributed by atoms with Gasteiger partial charge in [-0.2, -0.15) is 0 Å². The van der Waals surface area contributed by atoms with Crippen LogP contribution in [0.5, 0.6) is 0 Å². The number of benzene rings is 3. The number of pyridine rings is 1. The predicted molar refractivity (Wildman–Crippen MR) is 154 cm³/mol. The average molecular weight is 589 g/mol. The summed E-state index contributed by atoms with van der Waals surface area (Å²) >= 11 is 0. The Kier molecular flexibility index (Phi) is 6.49. The largest absolute Gasteiger partial charge is 0.455 e. The highest BCUT2D eigenvalue weighted by molar-refractivity contribution is 7.92. The van der Waals surface area contributed by atoms with E-state index in [0.29, 0.717) is 27.6 Å². The monoisotopic (exact) mass is 588 g/mol. The van der Waals surface area contributed by atoms with Crippen LogP contribution in [0.3, 0.4) is 0 Å². The van der Waals surface area contributed by atoms with Crippen LogP contribution in [0.15, 0.2) is 81.8 Å². The Bertz CT molecular complexity index is 2120. The van der Waals surface area contributed by atoms with Gasteiger partial charge in [0.15, 0.2) is 0 Å². The molecule has 0 spiro atoms. The van der Waals surface area contributed by atoms with Gasteiger partial charge in [-0.05, 0) is 48.0 Å². The van der Waals surface area contributed by atoms with Crippen molar-refractivity contribution in [2.24, 2.45) is 0 Å². The lowest BCUT2D eigenvalue weighted by atomic mass is 9.97. The molecule has 3 aromatic carbocycles. The second-order valence-corrected chi connectivity index (χ2v) is 11.6. The number of sulfonamides is 1. The molecule has 3 heterocycles. The fourth-order valence-corrected chi connectivity index (χ4v) is 5.21. The van der Waals surface area contributed by atoms with Gasteiger partial charge in [0.05, 0.1) is 23.7 Å². The minimum Gasteiger partial charge on any atom is -0.455 e. The van der Waals surface area contributed by atoms with Crippen molar-refractivity contribution in [1.82, 2.24) is 15.3 Å². The van der Waals surface area contributed by atoms with Crippen LogP contribution in [-0.2, 0) is 10.0 Å². The van der Waals surface area contributed by atoms with Crippen molar-refractivity contribution < 1.29 is 30.8 Å². The highest BCUT2D eigenvalue weighted by atomic mass is 32.2. The van der Waals surface area contributed by atoms with Crippen LogP contribution >= 0.6 is 0 Å². The molecule has 1 amide bonds. The van der Waals surface area contributed by atoms with Crippen molar-refractivity contribution in [3.63, 3.8) is 0 Å². The van der Waals surface area contributed by atoms with E-state index in [0.717, 1.165) is 16.8 Å². The molecule has 3 aromatic heterocycles. The number of furan rings is 1. The fourth-order valence-electron chi connectivity index (χ4n) is 4.70. The number of hydrogen-bond acceptors (Lipinski definition) is 7. The SMILES string of the molecule is CNC(=O)c1c(-c2ccc(F)cc2)oc2cc(N(C)S(C)(=O)=O)c(-c3cccc(-c4nc5cc(F)cnc5o4)c3)cc12. The van der Waals surface area contributed by atoms with E-state index >= 15 is 0 Å². The summed E-state index contributed by atoms with van der Waals surface area (Å²) in [5.41, 5.74) is 3.20. The smallest absolute Gasteiger partial charge is 0.255 e. The lowest BCUT2D eigenvalue weighted by Crippen LogP contribution is -2.25. The Morgan fingerprint density at radius 3 is 2.38 bits per heavy atom. The quantitative estimate of drug-likeness (QED) is 0.253. The number of nitrogens with one attached hydrogen (secondary N) is 1. The van der Waals surface area contributed by atoms with Crippen LogP contribution in [0.25, 0.3) is 56.1 Å². The fraction of sp³-hybridized carbons (Fsp3) is 0.100. The number of nitrogens with zero attached hydrogens (tertiary/aromatic N) is 3. The van der Waals surface area contributed by atoms with Crippen LogP contribution in [0, 0.1) is 11.6 Å². The number of anilines is 1. The summed E-state index contributed by atoms with van der Waals surface area (Å²) in [7, 11) is -0.834. The Balaban J connectivity index is 1.60. The first kappa shape index (κ1) is 27.1. The minimum absolute atomic E-state index is 0.165. The molecule has 1 N–H and O–H groups in total. The lowest BCUT2D eigenvalue weighted by Gasteiger charge is -2.21. The number of oxazole rings is 1. The summed E-state index contributed by atoms with van der Waals surface area (Å²) in [4.78, 5) is 21.4. The number of carbonyl (C=O) groups is 1. The highest BCUT2D eigenvalue weighted by Crippen LogP contribution is 2.42. The Labute approximate surface area is 238 Å². The van der Waals surface area contributed by atoms with Gasteiger partial charge in [-0.15, -0.1) is 0 Å². The zero-order valence-corrected chi connectivity index (χ0v) is 23.3. The molecule has 0 aliphatic rings. The van der Waals surface area contributed by atoms with Gasteiger partial charge in [0.2, 0.25) is 21.6 Å². The van der Waals surface area contributed by atoms with Crippen molar-refractivity contribution in [3.8, 4) is 33.9 Å². The molecule has 0 fully saturated rings. The summed E-state index contributed by atoms with van der Waals surface area (Å²) in [6, 6.07) is 16.9. The van der Waals surface area contributed by atoms with E-state index in [9.17, 15) is 22.0 Å². The number of rotatable bonds is 6. The maximum absolute atomic E-state index is 13.7. The maximum Gasteiger partial charge on any atom is 0.255 e. The maximum atomic E-state index is 13.7. The molecule has 0 saturated heterocycles. The zero-order chi connectivity index (χ0) is 29.8. The predicted octanol–water partition coefficient (Wildman–Crippen LogP) is 6.00. The first-order valence-electron chi connectivity index (χ1n) is 12.6. The summed E-state index contributed by atoms with van der Waals surface area (Å²) in [6.07, 6.45) is 2.11. The summed E-state index contributed by atoms with van der Waals surface area (Å²) in [6.45, 7) is 0. The first-order valence-corrected chi connectivity index (χ1v) is 14.4. The van der Waals surface area contributed by atoms with Crippen LogP contribution in [-0.4, -0.2) is 44.6 Å². The second-order valence-electron chi connectivity index (χ2n) is 9.57. The van der Waals surface area contributed by atoms with E-state index in [1.807, 2.05) is 0 Å². The van der Waals surface area contributed by atoms with Crippen molar-refractivity contribution in [3.05, 3.63) is 90.1 Å². The lowest BCUT2D eigenvalue weighted by molar-refractivity contribution is 0.0964. The molecule has 6 aromatic rings. The Hall–Kier alpha value is -5.10. The molecular weight excluding hydrogens is 566 g/mol. The standard InChI is InChI=1S/C30H22F2N4O5S/c1-33-28(37)26-22-13-21(17-5-4-6-18(11-17)29-35-23-12-20(32)15-34-30(23)41-29)24(36(2)42(3,38)39)14-25(22)40-27(26)16-7-9-19(31)10-8-16/h4-15H,1-3H3,(H,33,37). The number of hydrogen-bond donors (Lipinski definition) is 1. The van der Waals surface area contributed by atoms with Gasteiger partial charge >= 0.3 is 0 Å². The Morgan fingerprint density at radius 1 is 0.929 bits per heavy atom. The third-order valence-electron chi connectivity index (χ3n) is 6.84. The number of amides is 1. The second kappa shape index (κ2) is 10.1. The van der Waals surface area contributed by atoms with E-state index in [1.54, 1.807) is 36.4 Å². The van der Waals surface area contributed by atoms with Gasteiger partial charge in [-0.25, -0.2) is 27.2 Å². The van der Waals surface area contributed by atoms with Gasteiger partial charge in [0, 0.05) is 48.3 Å². The zero-order valence-electron chi connectivity index (χ0n) is 22.5. The van der Waals surface area contributed by atoms with Crippen molar-refractivity contribution in [1.29, 1.82) is 0 Å². The van der Waals surface area contributed by atoms with Gasteiger partial charge in [-0.1, -0.05) is 12.1 Å². The van der Waals surface area contributed by atoms with Crippen molar-refractivity contribution in [2.45, 2.75) is 0 Å². The molecule has 0 radical (unpaired) electrons. The third-order valence-corrected chi connectivity index (χ3v) is 8.03. The molecular formula is C30H22F2N4O5S. The summed E-state index contributed by atoms with van der Waals surface area (Å²) in [5.74, 6) is -1.05. The van der Waals surface area contributed by atoms with E-state index in [-0.39, 0.29) is 39.7 Å². The number of halogens is 2. The number of aromatic nitrogens is 2. The van der Waals surface area contributed by atoms with E-state index in [4.69, 9.17) is 8.83 Å².